The van der Waals surface area contributed by atoms with Crippen LogP contribution in [0.2, 0.25) is 0 Å². The summed E-state index contributed by atoms with van der Waals surface area (Å²) in [5.41, 5.74) is 4.76. The molecule has 0 aromatic heterocycles. The van der Waals surface area contributed by atoms with Gasteiger partial charge in [0.1, 0.15) is 0 Å². The summed E-state index contributed by atoms with van der Waals surface area (Å²) in [6.07, 6.45) is -0.690. The standard InChI is InChI=1S/C12H14N2O3/c1-8-3-5-10(6-4-8)9(2)13-14-11(15)7-12(16)17/h3-6H,7H2,1-2H3,(H,14,15)(H,16,17)/p-1/b13-9-. The maximum absolute atomic E-state index is 11.0. The number of aryl methyl sites for hydroxylation is 1. The number of hydrogen-bond donors (Lipinski definition) is 1. The monoisotopic (exact) mass is 233 g/mol. The fraction of sp³-hybridized carbons (Fsp3) is 0.250. The summed E-state index contributed by atoms with van der Waals surface area (Å²) in [6, 6.07) is 7.60. The van der Waals surface area contributed by atoms with E-state index in [-0.39, 0.29) is 0 Å². The van der Waals surface area contributed by atoms with Crippen molar-refractivity contribution in [3.63, 3.8) is 0 Å². The lowest BCUT2D eigenvalue weighted by Crippen LogP contribution is -2.30. The lowest BCUT2D eigenvalue weighted by Gasteiger charge is -2.03. The average molecular weight is 233 g/mol. The molecule has 17 heavy (non-hydrogen) atoms. The molecular weight excluding hydrogens is 220 g/mol. The number of carboxylic acid groups (broad SMARTS) is 1. The van der Waals surface area contributed by atoms with Crippen LogP contribution in [0.25, 0.3) is 0 Å². The van der Waals surface area contributed by atoms with Gasteiger partial charge in [0.05, 0.1) is 18.1 Å². The van der Waals surface area contributed by atoms with E-state index in [1.807, 2.05) is 31.2 Å². The topological polar surface area (TPSA) is 81.6 Å². The Balaban J connectivity index is 2.63. The Morgan fingerprint density at radius 2 is 1.88 bits per heavy atom. The highest BCUT2D eigenvalue weighted by atomic mass is 16.4. The molecule has 1 N–H and O–H groups in total. The first-order valence-corrected chi connectivity index (χ1v) is 5.09. The van der Waals surface area contributed by atoms with Crippen molar-refractivity contribution in [1.82, 2.24) is 5.43 Å². The second-order valence-electron chi connectivity index (χ2n) is 3.65. The number of nitrogens with one attached hydrogen (secondary N) is 1. The second-order valence-corrected chi connectivity index (χ2v) is 3.65. The highest BCUT2D eigenvalue weighted by molar-refractivity contribution is 6.00. The number of aliphatic carboxylic acids is 1. The molecule has 0 bridgehead atoms. The Hall–Kier alpha value is -2.17. The predicted octanol–water partition coefficient (Wildman–Crippen LogP) is -0.0248. The summed E-state index contributed by atoms with van der Waals surface area (Å²) in [5, 5.41) is 13.9. The number of carbonyl (C=O) groups is 2. The number of amides is 1. The number of carboxylic acids is 1. The predicted molar refractivity (Wildman–Crippen MR) is 61.2 cm³/mol. The van der Waals surface area contributed by atoms with Crippen molar-refractivity contribution in [1.29, 1.82) is 0 Å². The van der Waals surface area contributed by atoms with Crippen molar-refractivity contribution >= 4 is 17.6 Å². The van der Waals surface area contributed by atoms with Gasteiger partial charge in [0.25, 0.3) is 0 Å². The molecule has 0 spiro atoms. The van der Waals surface area contributed by atoms with Crippen LogP contribution >= 0.6 is 0 Å². The first-order valence-electron chi connectivity index (χ1n) is 5.09. The van der Waals surface area contributed by atoms with Crippen molar-refractivity contribution in [3.05, 3.63) is 35.4 Å². The van der Waals surface area contributed by atoms with Crippen LogP contribution < -0.4 is 10.5 Å². The molecule has 1 aromatic rings. The Labute approximate surface area is 99.2 Å². The van der Waals surface area contributed by atoms with Gasteiger partial charge in [-0.25, -0.2) is 5.43 Å². The quantitative estimate of drug-likeness (QED) is 0.450. The molecule has 0 unspecified atom stereocenters. The Morgan fingerprint density at radius 1 is 1.29 bits per heavy atom. The maximum atomic E-state index is 11.0. The Morgan fingerprint density at radius 3 is 2.41 bits per heavy atom. The third-order valence-electron chi connectivity index (χ3n) is 2.12. The van der Waals surface area contributed by atoms with E-state index in [0.29, 0.717) is 5.71 Å². The van der Waals surface area contributed by atoms with Crippen LogP contribution in [0.1, 0.15) is 24.5 Å². The van der Waals surface area contributed by atoms with Gasteiger partial charge in [-0.1, -0.05) is 29.8 Å². The average Bonchev–Trinajstić information content (AvgIpc) is 2.26. The molecule has 0 aliphatic rings. The molecule has 0 aliphatic carbocycles. The van der Waals surface area contributed by atoms with Gasteiger partial charge in [-0.05, 0) is 19.4 Å². The highest BCUT2D eigenvalue weighted by Gasteiger charge is 2.01. The smallest absolute Gasteiger partial charge is 0.245 e. The van der Waals surface area contributed by atoms with Crippen molar-refractivity contribution in [2.45, 2.75) is 20.3 Å². The summed E-state index contributed by atoms with van der Waals surface area (Å²) in [5.74, 6) is -2.12. The summed E-state index contributed by atoms with van der Waals surface area (Å²) in [4.78, 5) is 21.1. The maximum Gasteiger partial charge on any atom is 0.245 e. The normalized spacial score (nSPS) is 11.1. The van der Waals surface area contributed by atoms with Gasteiger partial charge in [0.15, 0.2) is 0 Å². The molecule has 90 valence electrons. The fourth-order valence-corrected chi connectivity index (χ4v) is 1.18. The number of carbonyl (C=O) groups excluding carboxylic acids is 2. The largest absolute Gasteiger partial charge is 0.550 e. The summed E-state index contributed by atoms with van der Waals surface area (Å²) in [6.45, 7) is 3.70. The van der Waals surface area contributed by atoms with Crippen LogP contribution in [0.15, 0.2) is 29.4 Å². The van der Waals surface area contributed by atoms with Gasteiger partial charge in [-0.2, -0.15) is 5.10 Å². The zero-order valence-corrected chi connectivity index (χ0v) is 9.69. The summed E-state index contributed by atoms with van der Waals surface area (Å²) in [7, 11) is 0. The molecule has 0 saturated heterocycles. The Kier molecular flexibility index (Phi) is 4.39. The molecule has 0 heterocycles. The van der Waals surface area contributed by atoms with E-state index in [0.717, 1.165) is 11.1 Å². The molecule has 0 radical (unpaired) electrons. The van der Waals surface area contributed by atoms with Gasteiger partial charge >= 0.3 is 0 Å². The molecule has 5 nitrogen and oxygen atoms in total. The van der Waals surface area contributed by atoms with E-state index < -0.39 is 18.3 Å². The molecule has 5 heteroatoms. The van der Waals surface area contributed by atoms with Gasteiger partial charge < -0.3 is 9.90 Å². The minimum Gasteiger partial charge on any atom is -0.550 e. The van der Waals surface area contributed by atoms with Crippen LogP contribution in [0.4, 0.5) is 0 Å². The number of benzene rings is 1. The van der Waals surface area contributed by atoms with Crippen molar-refractivity contribution in [3.8, 4) is 0 Å². The fourth-order valence-electron chi connectivity index (χ4n) is 1.18. The van der Waals surface area contributed by atoms with E-state index in [1.165, 1.54) is 0 Å². The second kappa shape index (κ2) is 5.79. The molecule has 1 amide bonds. The van der Waals surface area contributed by atoms with E-state index in [2.05, 4.69) is 10.5 Å². The molecule has 0 fully saturated rings. The van der Waals surface area contributed by atoms with Gasteiger partial charge in [-0.15, -0.1) is 0 Å². The third kappa shape index (κ3) is 4.46. The minimum absolute atomic E-state index is 0.608. The number of hydrogen-bond acceptors (Lipinski definition) is 4. The molecule has 0 atom stereocenters. The summed E-state index contributed by atoms with van der Waals surface area (Å²) < 4.78 is 0. The molecule has 0 saturated carbocycles. The van der Waals surface area contributed by atoms with Crippen LogP contribution in [0, 0.1) is 6.92 Å². The molecule has 1 rings (SSSR count). The van der Waals surface area contributed by atoms with Crippen LogP contribution in [0.3, 0.4) is 0 Å². The van der Waals surface area contributed by atoms with Crippen LogP contribution in [-0.4, -0.2) is 17.6 Å². The van der Waals surface area contributed by atoms with Gasteiger partial charge in [-0.3, -0.25) is 4.79 Å². The minimum atomic E-state index is -1.43. The van der Waals surface area contributed by atoms with E-state index in [4.69, 9.17) is 0 Å². The number of nitrogens with zero attached hydrogens (tertiary/aromatic N) is 1. The molecule has 0 aliphatic heterocycles. The lowest BCUT2D eigenvalue weighted by molar-refractivity contribution is -0.304. The van der Waals surface area contributed by atoms with Crippen molar-refractivity contribution in [2.24, 2.45) is 5.10 Å². The highest BCUT2D eigenvalue weighted by Crippen LogP contribution is 2.04. The third-order valence-corrected chi connectivity index (χ3v) is 2.12. The van der Waals surface area contributed by atoms with E-state index in [1.54, 1.807) is 6.92 Å². The lowest BCUT2D eigenvalue weighted by atomic mass is 10.1. The summed E-state index contributed by atoms with van der Waals surface area (Å²) >= 11 is 0. The van der Waals surface area contributed by atoms with Crippen LogP contribution in [0.5, 0.6) is 0 Å². The zero-order chi connectivity index (χ0) is 12.8. The van der Waals surface area contributed by atoms with E-state index >= 15 is 0 Å². The number of hydrazone groups is 1. The molecule has 1 aromatic carbocycles. The van der Waals surface area contributed by atoms with Gasteiger partial charge in [0, 0.05) is 0 Å². The van der Waals surface area contributed by atoms with E-state index in [9.17, 15) is 14.7 Å². The van der Waals surface area contributed by atoms with Crippen LogP contribution in [-0.2, 0) is 9.59 Å². The Bertz CT molecular complexity index is 449. The number of rotatable bonds is 4. The van der Waals surface area contributed by atoms with Gasteiger partial charge in [0.2, 0.25) is 5.91 Å². The van der Waals surface area contributed by atoms with Crippen molar-refractivity contribution < 1.29 is 14.7 Å². The zero-order valence-electron chi connectivity index (χ0n) is 9.69. The van der Waals surface area contributed by atoms with Crippen molar-refractivity contribution in [2.75, 3.05) is 0 Å². The SMILES string of the molecule is C/C(=N/NC(=O)CC(=O)[O-])c1ccc(C)cc1. The first-order chi connectivity index (χ1) is 7.99. The first kappa shape index (κ1) is 12.9. The molecular formula is C12H13N2O3-.